The largest absolute Gasteiger partial charge is 0.460 e. The fourth-order valence-electron chi connectivity index (χ4n) is 1.51. The van der Waals surface area contributed by atoms with E-state index in [0.717, 1.165) is 10.6 Å². The maximum atomic E-state index is 11.7. The van der Waals surface area contributed by atoms with Crippen LogP contribution in [0.25, 0.3) is 0 Å². The Labute approximate surface area is 124 Å². The van der Waals surface area contributed by atoms with Gasteiger partial charge in [-0.2, -0.15) is 0 Å². The van der Waals surface area contributed by atoms with Gasteiger partial charge in [0.05, 0.1) is 6.42 Å². The summed E-state index contributed by atoms with van der Waals surface area (Å²) < 4.78 is 5.15. The van der Waals surface area contributed by atoms with E-state index in [0.29, 0.717) is 0 Å². The van der Waals surface area contributed by atoms with E-state index >= 15 is 0 Å². The lowest BCUT2D eigenvalue weighted by Crippen LogP contribution is -2.24. The number of esters is 1. The second-order valence-electron chi connectivity index (χ2n) is 5.36. The van der Waals surface area contributed by atoms with Crippen molar-refractivity contribution in [2.45, 2.75) is 44.1 Å². The molecule has 0 aliphatic carbocycles. The molecule has 0 saturated heterocycles. The van der Waals surface area contributed by atoms with E-state index in [-0.39, 0.29) is 24.7 Å². The molecule has 0 saturated carbocycles. The number of hydrogen-bond acceptors (Lipinski definition) is 4. The molecule has 110 valence electrons. The highest BCUT2D eigenvalue weighted by atomic mass is 32.2. The maximum absolute atomic E-state index is 11.7. The lowest BCUT2D eigenvalue weighted by atomic mass is 10.2. The molecule has 1 aromatic rings. The van der Waals surface area contributed by atoms with Gasteiger partial charge in [-0.1, -0.05) is 0 Å². The van der Waals surface area contributed by atoms with Crippen LogP contribution in [-0.4, -0.2) is 23.7 Å². The van der Waals surface area contributed by atoms with Crippen molar-refractivity contribution in [2.24, 2.45) is 0 Å². The first-order valence-electron chi connectivity index (χ1n) is 6.46. The average Bonchev–Trinajstić information content (AvgIpc) is 2.35. The second kappa shape index (κ2) is 7.33. The summed E-state index contributed by atoms with van der Waals surface area (Å²) in [6, 6.07) is 7.57. The number of amides is 1. The number of benzene rings is 1. The molecule has 0 aliphatic rings. The summed E-state index contributed by atoms with van der Waals surface area (Å²) in [5, 5.41) is 2.76. The zero-order chi connectivity index (χ0) is 15.2. The molecule has 5 heteroatoms. The molecule has 0 atom stereocenters. The zero-order valence-corrected chi connectivity index (χ0v) is 13.2. The van der Waals surface area contributed by atoms with E-state index in [1.807, 2.05) is 30.5 Å². The van der Waals surface area contributed by atoms with Gasteiger partial charge in [-0.05, 0) is 51.3 Å². The van der Waals surface area contributed by atoms with Gasteiger partial charge in [-0.3, -0.25) is 9.59 Å². The van der Waals surface area contributed by atoms with Crippen molar-refractivity contribution in [1.82, 2.24) is 0 Å². The first-order chi connectivity index (χ1) is 9.30. The molecule has 0 aromatic heterocycles. The highest BCUT2D eigenvalue weighted by molar-refractivity contribution is 7.98. The molecule has 0 radical (unpaired) electrons. The lowest BCUT2D eigenvalue weighted by Gasteiger charge is -2.19. The number of hydrogen-bond donors (Lipinski definition) is 1. The Hall–Kier alpha value is -1.49. The van der Waals surface area contributed by atoms with Crippen molar-refractivity contribution in [3.63, 3.8) is 0 Å². The molecule has 4 nitrogen and oxygen atoms in total. The van der Waals surface area contributed by atoms with E-state index < -0.39 is 5.60 Å². The molecule has 0 fully saturated rings. The first-order valence-corrected chi connectivity index (χ1v) is 7.68. The number of anilines is 1. The van der Waals surface area contributed by atoms with Gasteiger partial charge in [-0.15, -0.1) is 11.8 Å². The van der Waals surface area contributed by atoms with Crippen molar-refractivity contribution >= 4 is 29.3 Å². The predicted octanol–water partition coefficient (Wildman–Crippen LogP) is 3.47. The van der Waals surface area contributed by atoms with Crippen LogP contribution in [0.15, 0.2) is 29.2 Å². The first kappa shape index (κ1) is 16.6. The lowest BCUT2D eigenvalue weighted by molar-refractivity contribution is -0.155. The molecular weight excluding hydrogens is 274 g/mol. The molecule has 0 spiro atoms. The topological polar surface area (TPSA) is 55.4 Å². The van der Waals surface area contributed by atoms with Crippen LogP contribution in [0, 0.1) is 0 Å². The van der Waals surface area contributed by atoms with Crippen LogP contribution >= 0.6 is 11.8 Å². The van der Waals surface area contributed by atoms with E-state index in [4.69, 9.17) is 4.74 Å². The minimum atomic E-state index is -0.513. The van der Waals surface area contributed by atoms with Gasteiger partial charge >= 0.3 is 5.97 Å². The Kier molecular flexibility index (Phi) is 6.07. The number of rotatable bonds is 5. The molecular formula is C15H21NO3S. The van der Waals surface area contributed by atoms with Gasteiger partial charge in [0, 0.05) is 17.0 Å². The summed E-state index contributed by atoms with van der Waals surface area (Å²) in [5.74, 6) is -0.543. The molecule has 0 aliphatic heterocycles. The Balaban J connectivity index is 2.38. The van der Waals surface area contributed by atoms with Crippen LogP contribution in [-0.2, 0) is 14.3 Å². The standard InChI is InChI=1S/C15H21NO3S/c1-15(2,3)19-14(18)10-9-13(17)16-11-5-7-12(20-4)8-6-11/h5-8H,9-10H2,1-4H3,(H,16,17). The van der Waals surface area contributed by atoms with Crippen LogP contribution in [0.4, 0.5) is 5.69 Å². The van der Waals surface area contributed by atoms with Gasteiger partial charge in [0.15, 0.2) is 0 Å². The predicted molar refractivity (Wildman–Crippen MR) is 81.9 cm³/mol. The maximum Gasteiger partial charge on any atom is 0.306 e. The van der Waals surface area contributed by atoms with Crippen LogP contribution < -0.4 is 5.32 Å². The van der Waals surface area contributed by atoms with Crippen LogP contribution in [0.1, 0.15) is 33.6 Å². The smallest absolute Gasteiger partial charge is 0.306 e. The van der Waals surface area contributed by atoms with Gasteiger partial charge in [0.2, 0.25) is 5.91 Å². The second-order valence-corrected chi connectivity index (χ2v) is 6.24. The van der Waals surface area contributed by atoms with E-state index in [9.17, 15) is 9.59 Å². The summed E-state index contributed by atoms with van der Waals surface area (Å²) >= 11 is 1.64. The summed E-state index contributed by atoms with van der Waals surface area (Å²) in [5.41, 5.74) is 0.221. The zero-order valence-electron chi connectivity index (χ0n) is 12.4. The van der Waals surface area contributed by atoms with E-state index in [2.05, 4.69) is 5.32 Å². The van der Waals surface area contributed by atoms with Crippen molar-refractivity contribution in [2.75, 3.05) is 11.6 Å². The van der Waals surface area contributed by atoms with Crippen LogP contribution in [0.3, 0.4) is 0 Å². The molecule has 0 heterocycles. The Morgan fingerprint density at radius 3 is 2.25 bits per heavy atom. The summed E-state index contributed by atoms with van der Waals surface area (Å²) in [7, 11) is 0. The SMILES string of the molecule is CSc1ccc(NC(=O)CCC(=O)OC(C)(C)C)cc1. The third-order valence-electron chi connectivity index (χ3n) is 2.35. The molecule has 20 heavy (non-hydrogen) atoms. The van der Waals surface area contributed by atoms with Crippen molar-refractivity contribution < 1.29 is 14.3 Å². The number of carbonyl (C=O) groups is 2. The number of thioether (sulfide) groups is 1. The highest BCUT2D eigenvalue weighted by Crippen LogP contribution is 2.17. The molecule has 1 amide bonds. The minimum Gasteiger partial charge on any atom is -0.460 e. The van der Waals surface area contributed by atoms with E-state index in [1.165, 1.54) is 0 Å². The van der Waals surface area contributed by atoms with Gasteiger partial charge < -0.3 is 10.1 Å². The molecule has 0 unspecified atom stereocenters. The fraction of sp³-hybridized carbons (Fsp3) is 0.467. The highest BCUT2D eigenvalue weighted by Gasteiger charge is 2.17. The van der Waals surface area contributed by atoms with Crippen molar-refractivity contribution in [3.8, 4) is 0 Å². The molecule has 1 N–H and O–H groups in total. The van der Waals surface area contributed by atoms with Crippen molar-refractivity contribution in [1.29, 1.82) is 0 Å². The molecule has 1 aromatic carbocycles. The van der Waals surface area contributed by atoms with Crippen molar-refractivity contribution in [3.05, 3.63) is 24.3 Å². The fourth-order valence-corrected chi connectivity index (χ4v) is 1.91. The normalized spacial score (nSPS) is 11.0. The Morgan fingerprint density at radius 1 is 1.15 bits per heavy atom. The number of carbonyl (C=O) groups excluding carboxylic acids is 2. The summed E-state index contributed by atoms with van der Waals surface area (Å²) in [6.07, 6.45) is 2.21. The van der Waals surface area contributed by atoms with Gasteiger partial charge in [0.1, 0.15) is 5.60 Å². The minimum absolute atomic E-state index is 0.0893. The van der Waals surface area contributed by atoms with Crippen LogP contribution in [0.5, 0.6) is 0 Å². The average molecular weight is 295 g/mol. The van der Waals surface area contributed by atoms with E-state index in [1.54, 1.807) is 32.5 Å². The number of ether oxygens (including phenoxy) is 1. The monoisotopic (exact) mass is 295 g/mol. The molecule has 1 rings (SSSR count). The third kappa shape index (κ3) is 6.61. The van der Waals surface area contributed by atoms with Crippen LogP contribution in [0.2, 0.25) is 0 Å². The summed E-state index contributed by atoms with van der Waals surface area (Å²) in [4.78, 5) is 24.3. The summed E-state index contributed by atoms with van der Waals surface area (Å²) in [6.45, 7) is 5.41. The van der Waals surface area contributed by atoms with Gasteiger partial charge in [0.25, 0.3) is 0 Å². The third-order valence-corrected chi connectivity index (χ3v) is 3.09. The van der Waals surface area contributed by atoms with Gasteiger partial charge in [-0.25, -0.2) is 0 Å². The molecule has 0 bridgehead atoms. The Morgan fingerprint density at radius 2 is 1.75 bits per heavy atom. The Bertz CT molecular complexity index is 463. The quantitative estimate of drug-likeness (QED) is 0.667. The number of nitrogens with one attached hydrogen (secondary N) is 1.